The van der Waals surface area contributed by atoms with Crippen molar-refractivity contribution in [1.82, 2.24) is 25.2 Å². The van der Waals surface area contributed by atoms with Gasteiger partial charge in [-0.1, -0.05) is 0 Å². The van der Waals surface area contributed by atoms with Gasteiger partial charge in [0.2, 0.25) is 0 Å². The lowest BCUT2D eigenvalue weighted by Crippen LogP contribution is -2.63. The number of hydrogen-bond donors (Lipinski definition) is 2. The second-order valence-electron chi connectivity index (χ2n) is 8.51. The van der Waals surface area contributed by atoms with Crippen LogP contribution in [0.5, 0.6) is 5.75 Å². The highest BCUT2D eigenvalue weighted by Gasteiger charge is 2.37. The van der Waals surface area contributed by atoms with E-state index in [-0.39, 0.29) is 0 Å². The van der Waals surface area contributed by atoms with Gasteiger partial charge in [0.25, 0.3) is 0 Å². The molecule has 2 aromatic rings. The number of likely N-dealkylation sites (tertiary alicyclic amines) is 1. The van der Waals surface area contributed by atoms with Crippen LogP contribution in [0.3, 0.4) is 0 Å². The molecule has 0 saturated carbocycles. The Morgan fingerprint density at radius 3 is 2.77 bits per heavy atom. The van der Waals surface area contributed by atoms with Gasteiger partial charge < -0.3 is 20.3 Å². The van der Waals surface area contributed by atoms with E-state index < -0.39 is 0 Å². The fraction of sp³-hybridized carbons (Fsp3) is 0.571. The first kappa shape index (κ1) is 18.7. The van der Waals surface area contributed by atoms with Gasteiger partial charge >= 0.3 is 0 Å². The summed E-state index contributed by atoms with van der Waals surface area (Å²) in [6.07, 6.45) is 1.67. The van der Waals surface area contributed by atoms with E-state index in [9.17, 15) is 0 Å². The number of ether oxygens (including phenoxy) is 1. The fourth-order valence-electron chi connectivity index (χ4n) is 4.66. The molecule has 2 N–H and O–H groups in total. The molecule has 2 aromatic heterocycles. The number of fused-ring (bicyclic) bond motifs is 2. The second kappa shape index (κ2) is 7.55. The molecule has 6 heterocycles. The molecule has 0 atom stereocenters. The summed E-state index contributed by atoms with van der Waals surface area (Å²) in [7, 11) is 0. The molecule has 3 fully saturated rings. The van der Waals surface area contributed by atoms with E-state index in [1.807, 2.05) is 18.7 Å². The highest BCUT2D eigenvalue weighted by molar-refractivity contribution is 7.99. The molecule has 3 saturated heterocycles. The minimum Gasteiger partial charge on any atom is -0.485 e. The monoisotopic (exact) mass is 425 g/mol. The number of aryl methyl sites for hydroxylation is 1. The molecule has 30 heavy (non-hydrogen) atoms. The van der Waals surface area contributed by atoms with E-state index in [1.54, 1.807) is 6.33 Å². The number of nitrogens with zero attached hydrogens (tertiary/aromatic N) is 5. The summed E-state index contributed by atoms with van der Waals surface area (Å²) in [6.45, 7) is 8.95. The van der Waals surface area contributed by atoms with E-state index in [0.29, 0.717) is 18.6 Å². The number of anilines is 3. The van der Waals surface area contributed by atoms with Crippen molar-refractivity contribution >= 4 is 29.1 Å². The SMILES string of the molecule is Cc1nc(C2CN(C3CNC3)C2)cc2c1OCc1c(ncnc1N1CCSCC1)N2. The van der Waals surface area contributed by atoms with Gasteiger partial charge in [-0.3, -0.25) is 9.88 Å². The highest BCUT2D eigenvalue weighted by atomic mass is 32.2. The van der Waals surface area contributed by atoms with Crippen molar-refractivity contribution in [3.63, 3.8) is 0 Å². The summed E-state index contributed by atoms with van der Waals surface area (Å²) < 4.78 is 6.25. The molecular formula is C21H27N7OS. The van der Waals surface area contributed by atoms with Crippen molar-refractivity contribution in [2.45, 2.75) is 25.5 Å². The Kier molecular flexibility index (Phi) is 4.69. The summed E-state index contributed by atoms with van der Waals surface area (Å²) in [5.74, 6) is 5.44. The Morgan fingerprint density at radius 1 is 1.17 bits per heavy atom. The first-order valence-corrected chi connectivity index (χ1v) is 11.9. The summed E-state index contributed by atoms with van der Waals surface area (Å²) in [5, 5.41) is 6.91. The average molecular weight is 426 g/mol. The third-order valence-electron chi connectivity index (χ3n) is 6.61. The molecule has 0 aromatic carbocycles. The summed E-state index contributed by atoms with van der Waals surface area (Å²) >= 11 is 2.00. The summed E-state index contributed by atoms with van der Waals surface area (Å²) in [6, 6.07) is 2.87. The number of rotatable bonds is 3. The zero-order valence-electron chi connectivity index (χ0n) is 17.2. The molecule has 0 bridgehead atoms. The van der Waals surface area contributed by atoms with Crippen LogP contribution in [0.15, 0.2) is 12.4 Å². The van der Waals surface area contributed by atoms with Gasteiger partial charge in [0, 0.05) is 68.4 Å². The molecule has 8 nitrogen and oxygen atoms in total. The maximum atomic E-state index is 6.25. The lowest BCUT2D eigenvalue weighted by atomic mass is 9.91. The quantitative estimate of drug-likeness (QED) is 0.764. The van der Waals surface area contributed by atoms with Crippen LogP contribution < -0.4 is 20.3 Å². The van der Waals surface area contributed by atoms with Crippen LogP contribution in [-0.4, -0.2) is 76.7 Å². The predicted octanol–water partition coefficient (Wildman–Crippen LogP) is 1.74. The van der Waals surface area contributed by atoms with Gasteiger partial charge in [0.15, 0.2) is 5.75 Å². The largest absolute Gasteiger partial charge is 0.485 e. The minimum atomic E-state index is 0.461. The Hall–Kier alpha value is -2.10. The Balaban J connectivity index is 1.27. The molecule has 0 unspecified atom stereocenters. The van der Waals surface area contributed by atoms with Crippen molar-refractivity contribution in [3.05, 3.63) is 29.3 Å². The van der Waals surface area contributed by atoms with Crippen molar-refractivity contribution in [3.8, 4) is 5.75 Å². The zero-order chi connectivity index (χ0) is 20.1. The van der Waals surface area contributed by atoms with Gasteiger partial charge in [0.05, 0.1) is 16.9 Å². The van der Waals surface area contributed by atoms with Crippen molar-refractivity contribution in [2.75, 3.05) is 61.0 Å². The van der Waals surface area contributed by atoms with E-state index in [0.717, 1.165) is 90.8 Å². The van der Waals surface area contributed by atoms with Gasteiger partial charge in [0.1, 0.15) is 24.6 Å². The molecule has 4 aliphatic rings. The van der Waals surface area contributed by atoms with Crippen LogP contribution in [0.4, 0.5) is 17.3 Å². The number of pyridine rings is 1. The number of hydrogen-bond acceptors (Lipinski definition) is 9. The van der Waals surface area contributed by atoms with Crippen molar-refractivity contribution in [2.24, 2.45) is 0 Å². The number of aromatic nitrogens is 3. The van der Waals surface area contributed by atoms with Gasteiger partial charge in [-0.25, -0.2) is 9.97 Å². The zero-order valence-corrected chi connectivity index (χ0v) is 18.0. The fourth-order valence-corrected chi connectivity index (χ4v) is 5.57. The van der Waals surface area contributed by atoms with Gasteiger partial charge in [-0.05, 0) is 13.0 Å². The molecular weight excluding hydrogens is 398 g/mol. The Labute approximate surface area is 180 Å². The third-order valence-corrected chi connectivity index (χ3v) is 7.56. The standard InChI is InChI=1S/C21H27N7OS/c1-13-19-18(6-17(25-13)14-9-28(10-14)15-7-22-8-15)26-20-16(11-29-19)21(24-12-23-20)27-2-4-30-5-3-27/h6,12,14-15,22H,2-5,7-11H2,1H3,(H,23,24,26). The topological polar surface area (TPSA) is 78.4 Å². The summed E-state index contributed by atoms with van der Waals surface area (Å²) in [5.41, 5.74) is 4.10. The van der Waals surface area contributed by atoms with E-state index in [4.69, 9.17) is 9.72 Å². The van der Waals surface area contributed by atoms with Crippen LogP contribution >= 0.6 is 11.8 Å². The molecule has 0 aliphatic carbocycles. The molecule has 4 aliphatic heterocycles. The van der Waals surface area contributed by atoms with Gasteiger partial charge in [-0.2, -0.15) is 11.8 Å². The number of thioether (sulfide) groups is 1. The molecule has 9 heteroatoms. The van der Waals surface area contributed by atoms with E-state index in [2.05, 4.69) is 36.5 Å². The molecule has 158 valence electrons. The Bertz CT molecular complexity index is 955. The van der Waals surface area contributed by atoms with E-state index >= 15 is 0 Å². The van der Waals surface area contributed by atoms with Crippen molar-refractivity contribution < 1.29 is 4.74 Å². The number of nitrogens with one attached hydrogen (secondary N) is 2. The lowest BCUT2D eigenvalue weighted by Gasteiger charge is -2.48. The Morgan fingerprint density at radius 2 is 2.00 bits per heavy atom. The maximum absolute atomic E-state index is 6.25. The van der Waals surface area contributed by atoms with Crippen LogP contribution in [0.25, 0.3) is 0 Å². The predicted molar refractivity (Wildman–Crippen MR) is 119 cm³/mol. The van der Waals surface area contributed by atoms with E-state index in [1.165, 1.54) is 0 Å². The third kappa shape index (κ3) is 3.19. The smallest absolute Gasteiger partial charge is 0.164 e. The second-order valence-corrected chi connectivity index (χ2v) is 9.73. The summed E-state index contributed by atoms with van der Waals surface area (Å²) in [4.78, 5) is 19.0. The van der Waals surface area contributed by atoms with Crippen LogP contribution in [-0.2, 0) is 6.61 Å². The van der Waals surface area contributed by atoms with Crippen LogP contribution in [0, 0.1) is 6.92 Å². The molecule has 0 radical (unpaired) electrons. The maximum Gasteiger partial charge on any atom is 0.164 e. The molecule has 0 amide bonds. The first-order chi connectivity index (χ1) is 14.8. The minimum absolute atomic E-state index is 0.461. The molecule has 6 rings (SSSR count). The highest BCUT2D eigenvalue weighted by Crippen LogP contribution is 2.40. The van der Waals surface area contributed by atoms with Crippen LogP contribution in [0.2, 0.25) is 0 Å². The van der Waals surface area contributed by atoms with Crippen LogP contribution in [0.1, 0.15) is 22.9 Å². The lowest BCUT2D eigenvalue weighted by molar-refractivity contribution is 0.0598. The average Bonchev–Trinajstić information content (AvgIpc) is 2.88. The van der Waals surface area contributed by atoms with Gasteiger partial charge in [-0.15, -0.1) is 0 Å². The molecule has 0 spiro atoms. The normalized spacial score (nSPS) is 22.1. The van der Waals surface area contributed by atoms with Crippen molar-refractivity contribution in [1.29, 1.82) is 0 Å². The first-order valence-electron chi connectivity index (χ1n) is 10.8.